The predicted octanol–water partition coefficient (Wildman–Crippen LogP) is 3.81. The lowest BCUT2D eigenvalue weighted by Crippen LogP contribution is -2.24. The Morgan fingerprint density at radius 3 is 2.27 bits per heavy atom. The third-order valence-electron chi connectivity index (χ3n) is 3.54. The standard InChI is InChI=1S/C14H17ClF2O4S/c1-4-8(3)22(20,21)12-9(5-2)10(13(18)19)6-7-11(12)14(15,16)17/h6-8H,4-5H2,1-3H3,(H,18,19)/t8-/m0/s1. The number of carbonyl (C=O) groups is 1. The lowest BCUT2D eigenvalue weighted by Gasteiger charge is -2.21. The molecule has 1 N–H and O–H groups in total. The van der Waals surface area contributed by atoms with Gasteiger partial charge in [0.25, 0.3) is 0 Å². The van der Waals surface area contributed by atoms with E-state index in [1.54, 1.807) is 6.92 Å². The van der Waals surface area contributed by atoms with Crippen LogP contribution in [0.15, 0.2) is 17.0 Å². The van der Waals surface area contributed by atoms with Crippen molar-refractivity contribution in [2.45, 2.75) is 49.1 Å². The van der Waals surface area contributed by atoms with Gasteiger partial charge in [0.05, 0.1) is 21.3 Å². The number of hydrogen-bond acceptors (Lipinski definition) is 3. The number of carboxylic acids is 1. The van der Waals surface area contributed by atoms with Crippen LogP contribution in [0.5, 0.6) is 0 Å². The molecule has 1 atom stereocenters. The van der Waals surface area contributed by atoms with E-state index in [0.717, 1.165) is 12.1 Å². The summed E-state index contributed by atoms with van der Waals surface area (Å²) >= 11 is 5.03. The van der Waals surface area contributed by atoms with Gasteiger partial charge in [0.2, 0.25) is 0 Å². The maximum Gasteiger partial charge on any atom is 0.349 e. The van der Waals surface area contributed by atoms with Crippen LogP contribution in [0.4, 0.5) is 8.78 Å². The first-order chi connectivity index (χ1) is 9.98. The number of hydrogen-bond donors (Lipinski definition) is 1. The number of halogens is 3. The summed E-state index contributed by atoms with van der Waals surface area (Å²) in [5.41, 5.74) is -1.34. The molecule has 0 aliphatic rings. The lowest BCUT2D eigenvalue weighted by atomic mass is 10.0. The molecule has 0 radical (unpaired) electrons. The van der Waals surface area contributed by atoms with Gasteiger partial charge in [-0.05, 0) is 49.1 Å². The average molecular weight is 355 g/mol. The van der Waals surface area contributed by atoms with Crippen LogP contribution < -0.4 is 0 Å². The molecule has 0 aliphatic carbocycles. The zero-order valence-corrected chi connectivity index (χ0v) is 13.9. The minimum absolute atomic E-state index is 0.0204. The Morgan fingerprint density at radius 2 is 1.91 bits per heavy atom. The summed E-state index contributed by atoms with van der Waals surface area (Å²) in [6.07, 6.45) is 0.184. The van der Waals surface area contributed by atoms with Crippen LogP contribution in [0.25, 0.3) is 0 Å². The van der Waals surface area contributed by atoms with Gasteiger partial charge in [-0.3, -0.25) is 0 Å². The molecule has 0 spiro atoms. The number of benzene rings is 1. The second kappa shape index (κ2) is 6.50. The van der Waals surface area contributed by atoms with Gasteiger partial charge in [-0.2, -0.15) is 8.78 Å². The van der Waals surface area contributed by atoms with Gasteiger partial charge in [0.1, 0.15) is 0 Å². The highest BCUT2D eigenvalue weighted by atomic mass is 35.5. The molecule has 0 bridgehead atoms. The second-order valence-electron chi connectivity index (χ2n) is 4.89. The Bertz CT molecular complexity index is 681. The zero-order valence-electron chi connectivity index (χ0n) is 12.4. The molecule has 0 fully saturated rings. The molecule has 1 aromatic carbocycles. The molecule has 8 heteroatoms. The van der Waals surface area contributed by atoms with E-state index < -0.39 is 36.9 Å². The van der Waals surface area contributed by atoms with Crippen molar-refractivity contribution in [3.63, 3.8) is 0 Å². The third-order valence-corrected chi connectivity index (χ3v) is 6.17. The highest BCUT2D eigenvalue weighted by Gasteiger charge is 2.39. The Hall–Kier alpha value is -1.21. The average Bonchev–Trinajstić information content (AvgIpc) is 2.43. The van der Waals surface area contributed by atoms with Crippen LogP contribution in [0.2, 0.25) is 0 Å². The molecule has 0 heterocycles. The topological polar surface area (TPSA) is 71.4 Å². The lowest BCUT2D eigenvalue weighted by molar-refractivity contribution is 0.0692. The Kier molecular flexibility index (Phi) is 5.56. The van der Waals surface area contributed by atoms with Gasteiger partial charge < -0.3 is 5.11 Å². The molecule has 0 amide bonds. The molecule has 0 unspecified atom stereocenters. The summed E-state index contributed by atoms with van der Waals surface area (Å²) in [5, 5.41) is 4.32. The summed E-state index contributed by atoms with van der Waals surface area (Å²) in [7, 11) is -4.13. The van der Waals surface area contributed by atoms with E-state index in [-0.39, 0.29) is 24.0 Å². The van der Waals surface area contributed by atoms with Crippen molar-refractivity contribution in [1.29, 1.82) is 0 Å². The predicted molar refractivity (Wildman–Crippen MR) is 79.5 cm³/mol. The highest BCUT2D eigenvalue weighted by Crippen LogP contribution is 2.40. The summed E-state index contributed by atoms with van der Waals surface area (Å²) in [5.74, 6) is -1.37. The first-order valence-electron chi connectivity index (χ1n) is 6.68. The molecule has 0 aliphatic heterocycles. The van der Waals surface area contributed by atoms with Crippen molar-refractivity contribution < 1.29 is 27.1 Å². The van der Waals surface area contributed by atoms with Gasteiger partial charge >= 0.3 is 11.4 Å². The molecule has 4 nitrogen and oxygen atoms in total. The van der Waals surface area contributed by atoms with E-state index in [2.05, 4.69) is 0 Å². The second-order valence-corrected chi connectivity index (χ2v) is 7.67. The van der Waals surface area contributed by atoms with E-state index in [1.807, 2.05) is 0 Å². The summed E-state index contributed by atoms with van der Waals surface area (Å²) in [6.45, 7) is 4.50. The van der Waals surface area contributed by atoms with Crippen molar-refractivity contribution in [1.82, 2.24) is 0 Å². The molecule has 0 saturated carbocycles. The van der Waals surface area contributed by atoms with Gasteiger partial charge in [0, 0.05) is 0 Å². The van der Waals surface area contributed by atoms with Gasteiger partial charge in [-0.15, -0.1) is 0 Å². The molecule has 1 rings (SSSR count). The number of sulfone groups is 1. The smallest absolute Gasteiger partial charge is 0.349 e. The Morgan fingerprint density at radius 1 is 1.36 bits per heavy atom. The van der Waals surface area contributed by atoms with Crippen molar-refractivity contribution in [2.24, 2.45) is 0 Å². The quantitative estimate of drug-likeness (QED) is 0.788. The largest absolute Gasteiger partial charge is 0.478 e. The normalized spacial score (nSPS) is 13.9. The summed E-state index contributed by atoms with van der Waals surface area (Å²) in [6, 6.07) is 1.73. The van der Waals surface area contributed by atoms with Crippen LogP contribution in [0.3, 0.4) is 0 Å². The van der Waals surface area contributed by atoms with E-state index in [0.29, 0.717) is 0 Å². The van der Waals surface area contributed by atoms with Crippen LogP contribution in [0.1, 0.15) is 48.7 Å². The Labute approximate surface area is 133 Å². The minimum atomic E-state index is -4.13. The van der Waals surface area contributed by atoms with E-state index in [4.69, 9.17) is 16.7 Å². The van der Waals surface area contributed by atoms with Crippen LogP contribution in [-0.4, -0.2) is 24.7 Å². The fourth-order valence-electron chi connectivity index (χ4n) is 2.15. The number of rotatable bonds is 6. The van der Waals surface area contributed by atoms with Crippen LogP contribution >= 0.6 is 11.6 Å². The number of carboxylic acid groups (broad SMARTS) is 1. The van der Waals surface area contributed by atoms with Crippen molar-refractivity contribution in [3.8, 4) is 0 Å². The zero-order chi connectivity index (χ0) is 17.3. The van der Waals surface area contributed by atoms with Crippen LogP contribution in [-0.2, 0) is 21.6 Å². The summed E-state index contributed by atoms with van der Waals surface area (Å²) < 4.78 is 52.4. The maximum absolute atomic E-state index is 13.6. The summed E-state index contributed by atoms with van der Waals surface area (Å²) in [4.78, 5) is 10.6. The highest BCUT2D eigenvalue weighted by molar-refractivity contribution is 7.92. The molecule has 124 valence electrons. The van der Waals surface area contributed by atoms with E-state index >= 15 is 0 Å². The van der Waals surface area contributed by atoms with E-state index in [1.165, 1.54) is 13.8 Å². The fraction of sp³-hybridized carbons (Fsp3) is 0.500. The molecular formula is C14H17ClF2O4S. The van der Waals surface area contributed by atoms with E-state index in [9.17, 15) is 22.0 Å². The first kappa shape index (κ1) is 18.8. The van der Waals surface area contributed by atoms with Crippen molar-refractivity contribution >= 4 is 27.4 Å². The SMILES string of the molecule is CCc1c(C(=O)O)ccc(C(F)(F)Cl)c1S(=O)(=O)[C@@H](C)CC. The number of aromatic carboxylic acids is 1. The number of alkyl halides is 3. The molecule has 1 aromatic rings. The van der Waals surface area contributed by atoms with Gasteiger partial charge in [-0.1, -0.05) is 13.8 Å². The van der Waals surface area contributed by atoms with Gasteiger partial charge in [-0.25, -0.2) is 13.2 Å². The molecule has 0 aromatic heterocycles. The third kappa shape index (κ3) is 3.41. The fourth-order valence-corrected chi connectivity index (χ4v) is 4.30. The molecule has 0 saturated heterocycles. The Balaban J connectivity index is 3.92. The molecule has 22 heavy (non-hydrogen) atoms. The van der Waals surface area contributed by atoms with Crippen molar-refractivity contribution in [3.05, 3.63) is 28.8 Å². The first-order valence-corrected chi connectivity index (χ1v) is 8.61. The van der Waals surface area contributed by atoms with Crippen molar-refractivity contribution in [2.75, 3.05) is 0 Å². The van der Waals surface area contributed by atoms with Gasteiger partial charge in [0.15, 0.2) is 9.84 Å². The monoisotopic (exact) mass is 354 g/mol. The van der Waals surface area contributed by atoms with Crippen LogP contribution in [0, 0.1) is 0 Å². The minimum Gasteiger partial charge on any atom is -0.478 e. The molecular weight excluding hydrogens is 338 g/mol. The maximum atomic E-state index is 13.6.